The van der Waals surface area contributed by atoms with Crippen LogP contribution in [-0.2, 0) is 20.9 Å². The van der Waals surface area contributed by atoms with Gasteiger partial charge in [-0.1, -0.05) is 6.07 Å². The van der Waals surface area contributed by atoms with Crippen molar-refractivity contribution in [3.8, 4) is 0 Å². The molecule has 0 bridgehead atoms. The maximum absolute atomic E-state index is 13.3. The Morgan fingerprint density at radius 1 is 1.30 bits per heavy atom. The van der Waals surface area contributed by atoms with Gasteiger partial charge in [-0.25, -0.2) is 4.98 Å². The summed E-state index contributed by atoms with van der Waals surface area (Å²) >= 11 is 0. The fourth-order valence-electron chi connectivity index (χ4n) is 3.93. The number of rotatable bonds is 4. The third-order valence-electron chi connectivity index (χ3n) is 5.37. The van der Waals surface area contributed by atoms with Gasteiger partial charge in [0.1, 0.15) is 5.82 Å². The van der Waals surface area contributed by atoms with Gasteiger partial charge >= 0.3 is 0 Å². The van der Waals surface area contributed by atoms with E-state index in [0.717, 1.165) is 48.3 Å². The Balaban J connectivity index is 1.68. The number of hydrogen-bond acceptors (Lipinski definition) is 5. The highest BCUT2D eigenvalue weighted by Gasteiger charge is 2.40. The second-order valence-electron chi connectivity index (χ2n) is 8.91. The largest absolute Gasteiger partial charge is 0.353 e. The lowest BCUT2D eigenvalue weighted by Crippen LogP contribution is -2.43. The van der Waals surface area contributed by atoms with E-state index >= 15 is 0 Å². The Kier molecular flexibility index (Phi) is 5.71. The van der Waals surface area contributed by atoms with Gasteiger partial charge in [-0.2, -0.15) is 0 Å². The average Bonchev–Trinajstić information content (AvgIpc) is 3.00. The summed E-state index contributed by atoms with van der Waals surface area (Å²) in [4.78, 5) is 24.2. The summed E-state index contributed by atoms with van der Waals surface area (Å²) < 4.78 is 11.7. The summed E-state index contributed by atoms with van der Waals surface area (Å²) in [6.07, 6.45) is 8.36. The molecule has 1 amide bonds. The third-order valence-corrected chi connectivity index (χ3v) is 5.37. The second-order valence-corrected chi connectivity index (χ2v) is 8.91. The minimum absolute atomic E-state index is 0.0546. The molecule has 2 aromatic rings. The molecule has 0 radical (unpaired) electrons. The van der Waals surface area contributed by atoms with E-state index in [1.165, 1.54) is 0 Å². The number of hydrogen-bond donors (Lipinski definition) is 0. The van der Waals surface area contributed by atoms with E-state index in [4.69, 9.17) is 9.47 Å². The number of anilines is 1. The van der Waals surface area contributed by atoms with E-state index in [1.807, 2.05) is 52.1 Å². The minimum Gasteiger partial charge on any atom is -0.353 e. The molecule has 6 nitrogen and oxygen atoms in total. The van der Waals surface area contributed by atoms with Crippen molar-refractivity contribution in [3.05, 3.63) is 53.0 Å². The number of ether oxygens (including phenoxy) is 2. The number of amides is 1. The molecule has 4 rings (SSSR count). The molecular weight excluding hydrogens is 378 g/mol. The summed E-state index contributed by atoms with van der Waals surface area (Å²) in [6.45, 7) is 9.19. The Hall–Kier alpha value is -2.57. The molecule has 0 saturated carbocycles. The number of pyridine rings is 2. The molecular formula is C24H29N3O3. The van der Waals surface area contributed by atoms with Crippen LogP contribution in [0.2, 0.25) is 0 Å². The van der Waals surface area contributed by atoms with Crippen molar-refractivity contribution in [2.75, 3.05) is 11.5 Å². The molecule has 1 atom stereocenters. The lowest BCUT2D eigenvalue weighted by molar-refractivity contribution is -0.169. The SMILES string of the molecule is Cc1cnc(/C=C2/C(=O)N(C(C)(C)C)c3ncccc32)c(COC2CCCCO2)c1. The molecule has 158 valence electrons. The molecule has 0 aromatic carbocycles. The molecule has 0 N–H and O–H groups in total. The Morgan fingerprint density at radius 3 is 2.87 bits per heavy atom. The summed E-state index contributed by atoms with van der Waals surface area (Å²) in [5, 5.41) is 0. The van der Waals surface area contributed by atoms with E-state index in [-0.39, 0.29) is 17.7 Å². The topological polar surface area (TPSA) is 64.6 Å². The lowest BCUT2D eigenvalue weighted by Gasteiger charge is -2.31. The summed E-state index contributed by atoms with van der Waals surface area (Å²) in [5.41, 5.74) is 3.81. The lowest BCUT2D eigenvalue weighted by atomic mass is 10.0. The van der Waals surface area contributed by atoms with E-state index in [1.54, 1.807) is 11.1 Å². The van der Waals surface area contributed by atoms with Crippen molar-refractivity contribution in [3.63, 3.8) is 0 Å². The van der Waals surface area contributed by atoms with Crippen molar-refractivity contribution in [1.29, 1.82) is 0 Å². The Labute approximate surface area is 177 Å². The zero-order valence-corrected chi connectivity index (χ0v) is 18.1. The zero-order valence-electron chi connectivity index (χ0n) is 18.1. The van der Waals surface area contributed by atoms with Gasteiger partial charge in [0.25, 0.3) is 5.91 Å². The number of nitrogens with zero attached hydrogens (tertiary/aromatic N) is 3. The summed E-state index contributed by atoms with van der Waals surface area (Å²) in [5.74, 6) is 0.642. The number of aromatic nitrogens is 2. The summed E-state index contributed by atoms with van der Waals surface area (Å²) in [6, 6.07) is 5.87. The van der Waals surface area contributed by atoms with Gasteiger partial charge < -0.3 is 9.47 Å². The first kappa shape index (κ1) is 20.7. The van der Waals surface area contributed by atoms with E-state index < -0.39 is 0 Å². The maximum atomic E-state index is 13.3. The standard InChI is InChI=1S/C24H29N3O3/c1-16-12-17(15-30-21-9-5-6-11-29-21)20(26-14-16)13-19-18-8-7-10-25-22(18)27(23(19)28)24(2,3)4/h7-8,10,12-14,21H,5-6,9,11,15H2,1-4H3/b19-13+. The first-order valence-corrected chi connectivity index (χ1v) is 10.5. The smallest absolute Gasteiger partial charge is 0.260 e. The quantitative estimate of drug-likeness (QED) is 0.698. The Morgan fingerprint density at radius 2 is 2.13 bits per heavy atom. The van der Waals surface area contributed by atoms with Crippen LogP contribution in [0.1, 0.15) is 62.4 Å². The number of aryl methyl sites for hydroxylation is 1. The molecule has 2 aromatic heterocycles. The molecule has 0 aliphatic carbocycles. The number of carbonyl (C=O) groups is 1. The Bertz CT molecular complexity index is 972. The highest BCUT2D eigenvalue weighted by Crippen LogP contribution is 2.40. The zero-order chi connectivity index (χ0) is 21.3. The van der Waals surface area contributed by atoms with E-state index in [9.17, 15) is 4.79 Å². The molecule has 30 heavy (non-hydrogen) atoms. The predicted octanol–water partition coefficient (Wildman–Crippen LogP) is 4.51. The van der Waals surface area contributed by atoms with Crippen LogP contribution in [0, 0.1) is 6.92 Å². The van der Waals surface area contributed by atoms with E-state index in [2.05, 4.69) is 16.0 Å². The first-order chi connectivity index (χ1) is 14.3. The van der Waals surface area contributed by atoms with Crippen LogP contribution < -0.4 is 4.90 Å². The van der Waals surface area contributed by atoms with E-state index in [0.29, 0.717) is 18.0 Å². The van der Waals surface area contributed by atoms with Gasteiger partial charge in [-0.3, -0.25) is 14.7 Å². The van der Waals surface area contributed by atoms with Gasteiger partial charge in [-0.15, -0.1) is 0 Å². The van der Waals surface area contributed by atoms with Crippen LogP contribution in [0.3, 0.4) is 0 Å². The second kappa shape index (κ2) is 8.28. The highest BCUT2D eigenvalue weighted by molar-refractivity contribution is 6.35. The van der Waals surface area contributed by atoms with Gasteiger partial charge in [0.05, 0.1) is 17.9 Å². The van der Waals surface area contributed by atoms with Crippen LogP contribution in [-0.4, -0.2) is 34.3 Å². The third kappa shape index (κ3) is 4.16. The van der Waals surface area contributed by atoms with Gasteiger partial charge in [-0.05, 0) is 70.7 Å². The first-order valence-electron chi connectivity index (χ1n) is 10.5. The van der Waals surface area contributed by atoms with Crippen LogP contribution in [0.25, 0.3) is 11.6 Å². The molecule has 1 saturated heterocycles. The fourth-order valence-corrected chi connectivity index (χ4v) is 3.93. The summed E-state index contributed by atoms with van der Waals surface area (Å²) in [7, 11) is 0. The van der Waals surface area contributed by atoms with Crippen LogP contribution in [0.5, 0.6) is 0 Å². The van der Waals surface area contributed by atoms with Crippen LogP contribution >= 0.6 is 0 Å². The molecule has 2 aliphatic rings. The molecule has 0 spiro atoms. The normalized spacial score (nSPS) is 20.7. The van der Waals surface area contributed by atoms with Gasteiger partial charge in [0.15, 0.2) is 6.29 Å². The minimum atomic E-state index is -0.374. The van der Waals surface area contributed by atoms with Gasteiger partial charge in [0, 0.05) is 35.7 Å². The molecule has 1 fully saturated rings. The average molecular weight is 408 g/mol. The molecule has 1 unspecified atom stereocenters. The van der Waals surface area contributed by atoms with Crippen LogP contribution in [0.15, 0.2) is 30.6 Å². The van der Waals surface area contributed by atoms with Crippen molar-refractivity contribution in [2.45, 2.75) is 65.4 Å². The van der Waals surface area contributed by atoms with Crippen molar-refractivity contribution in [1.82, 2.24) is 9.97 Å². The van der Waals surface area contributed by atoms with Crippen molar-refractivity contribution in [2.24, 2.45) is 0 Å². The highest BCUT2D eigenvalue weighted by atomic mass is 16.7. The van der Waals surface area contributed by atoms with Crippen molar-refractivity contribution < 1.29 is 14.3 Å². The number of carbonyl (C=O) groups excluding carboxylic acids is 1. The van der Waals surface area contributed by atoms with Gasteiger partial charge in [0.2, 0.25) is 0 Å². The predicted molar refractivity (Wildman–Crippen MR) is 117 cm³/mol. The molecule has 2 aliphatic heterocycles. The molecule has 6 heteroatoms. The van der Waals surface area contributed by atoms with Crippen LogP contribution in [0.4, 0.5) is 5.82 Å². The molecule has 4 heterocycles. The monoisotopic (exact) mass is 407 g/mol. The number of fused-ring (bicyclic) bond motifs is 1. The van der Waals surface area contributed by atoms with Crippen molar-refractivity contribution >= 4 is 23.4 Å². The maximum Gasteiger partial charge on any atom is 0.260 e. The fraction of sp³-hybridized carbons (Fsp3) is 0.458.